The van der Waals surface area contributed by atoms with E-state index in [4.69, 9.17) is 5.41 Å². The minimum atomic E-state index is 0.683. The second kappa shape index (κ2) is 7.29. The summed E-state index contributed by atoms with van der Waals surface area (Å²) in [6.07, 6.45) is 0. The summed E-state index contributed by atoms with van der Waals surface area (Å²) in [7, 11) is 0. The highest BCUT2D eigenvalue weighted by molar-refractivity contribution is 8.38. The fourth-order valence-corrected chi connectivity index (χ4v) is 3.16. The summed E-state index contributed by atoms with van der Waals surface area (Å²) < 4.78 is 0.683. The van der Waals surface area contributed by atoms with Crippen molar-refractivity contribution in [3.05, 3.63) is 71.8 Å². The topological polar surface area (TPSA) is 23.9 Å². The Morgan fingerprint density at radius 2 is 1.11 bits per heavy atom. The molecule has 0 spiro atoms. The molecule has 0 radical (unpaired) electrons. The average molecular weight is 273 g/mol. The summed E-state index contributed by atoms with van der Waals surface area (Å²) in [5.41, 5.74) is 2.54. The summed E-state index contributed by atoms with van der Waals surface area (Å²) in [6.45, 7) is 0. The van der Waals surface area contributed by atoms with Gasteiger partial charge in [-0.05, 0) is 11.1 Å². The Hall–Kier alpha value is -1.19. The molecule has 0 bridgehead atoms. The highest BCUT2D eigenvalue weighted by Gasteiger charge is 2.01. The van der Waals surface area contributed by atoms with E-state index in [1.165, 1.54) is 11.1 Å². The van der Waals surface area contributed by atoms with Crippen LogP contribution in [0.4, 0.5) is 0 Å². The van der Waals surface area contributed by atoms with Crippen LogP contribution in [0.25, 0.3) is 0 Å². The van der Waals surface area contributed by atoms with E-state index < -0.39 is 0 Å². The molecule has 1 N–H and O–H groups in total. The number of benzene rings is 2. The Labute approximate surface area is 117 Å². The van der Waals surface area contributed by atoms with Crippen molar-refractivity contribution in [2.75, 3.05) is 0 Å². The maximum atomic E-state index is 7.91. The van der Waals surface area contributed by atoms with Gasteiger partial charge in [0.05, 0.1) is 0 Å². The molecule has 2 aromatic rings. The third-order valence-electron chi connectivity index (χ3n) is 2.43. The summed E-state index contributed by atoms with van der Waals surface area (Å²) in [5, 5.41) is 7.91. The van der Waals surface area contributed by atoms with E-state index in [1.54, 1.807) is 23.5 Å². The molecule has 0 aromatic heterocycles. The molecule has 0 aliphatic heterocycles. The first-order valence-electron chi connectivity index (χ1n) is 5.76. The average Bonchev–Trinajstić information content (AvgIpc) is 2.45. The van der Waals surface area contributed by atoms with Crippen LogP contribution in [-0.2, 0) is 11.5 Å². The summed E-state index contributed by atoms with van der Waals surface area (Å²) in [5.74, 6) is 1.75. The SMILES string of the molecule is N=C(SCc1ccccc1)SCc1ccccc1. The zero-order chi connectivity index (χ0) is 12.6. The fraction of sp³-hybridized carbons (Fsp3) is 0.133. The quantitative estimate of drug-likeness (QED) is 0.639. The van der Waals surface area contributed by atoms with Gasteiger partial charge >= 0.3 is 0 Å². The first-order chi connectivity index (χ1) is 8.84. The van der Waals surface area contributed by atoms with Gasteiger partial charge in [-0.2, -0.15) is 0 Å². The Bertz CT molecular complexity index is 437. The molecular weight excluding hydrogens is 258 g/mol. The van der Waals surface area contributed by atoms with Gasteiger partial charge in [0.2, 0.25) is 0 Å². The number of hydrogen-bond acceptors (Lipinski definition) is 3. The third kappa shape index (κ3) is 4.59. The number of nitrogens with one attached hydrogen (secondary N) is 1. The van der Waals surface area contributed by atoms with Gasteiger partial charge in [0, 0.05) is 11.5 Å². The van der Waals surface area contributed by atoms with Gasteiger partial charge in [-0.1, -0.05) is 84.2 Å². The maximum absolute atomic E-state index is 7.91. The van der Waals surface area contributed by atoms with Crippen molar-refractivity contribution in [2.24, 2.45) is 0 Å². The van der Waals surface area contributed by atoms with Gasteiger partial charge in [-0.25, -0.2) is 0 Å². The molecule has 0 saturated carbocycles. The first kappa shape index (κ1) is 13.2. The van der Waals surface area contributed by atoms with Crippen LogP contribution in [0.5, 0.6) is 0 Å². The summed E-state index contributed by atoms with van der Waals surface area (Å²) in [6, 6.07) is 20.6. The van der Waals surface area contributed by atoms with Gasteiger partial charge in [0.1, 0.15) is 4.38 Å². The predicted octanol–water partition coefficient (Wildman–Crippen LogP) is 4.79. The number of hydrogen-bond donors (Lipinski definition) is 1. The lowest BCUT2D eigenvalue weighted by Crippen LogP contribution is -1.88. The van der Waals surface area contributed by atoms with Gasteiger partial charge in [0.25, 0.3) is 0 Å². The Morgan fingerprint density at radius 3 is 1.50 bits per heavy atom. The van der Waals surface area contributed by atoms with Crippen LogP contribution in [0.15, 0.2) is 60.7 Å². The van der Waals surface area contributed by atoms with Gasteiger partial charge in [0.15, 0.2) is 0 Å². The molecule has 0 unspecified atom stereocenters. The largest absolute Gasteiger partial charge is 0.288 e. The number of thioether (sulfide) groups is 2. The van der Waals surface area contributed by atoms with E-state index >= 15 is 0 Å². The van der Waals surface area contributed by atoms with E-state index in [0.29, 0.717) is 4.38 Å². The normalized spacial score (nSPS) is 10.2. The zero-order valence-electron chi connectivity index (χ0n) is 10.0. The van der Waals surface area contributed by atoms with Crippen molar-refractivity contribution in [1.29, 1.82) is 5.41 Å². The van der Waals surface area contributed by atoms with E-state index in [0.717, 1.165) is 11.5 Å². The standard InChI is InChI=1S/C15H15NS2/c16-15(17-11-13-7-3-1-4-8-13)18-12-14-9-5-2-6-10-14/h1-10,16H,11-12H2. The molecule has 0 atom stereocenters. The molecule has 0 fully saturated rings. The molecule has 0 aliphatic carbocycles. The summed E-state index contributed by atoms with van der Waals surface area (Å²) >= 11 is 3.19. The maximum Gasteiger partial charge on any atom is 0.122 e. The smallest absolute Gasteiger partial charge is 0.122 e. The monoisotopic (exact) mass is 273 g/mol. The van der Waals surface area contributed by atoms with E-state index in [2.05, 4.69) is 24.3 Å². The fourth-order valence-electron chi connectivity index (χ4n) is 1.49. The molecule has 3 heteroatoms. The predicted molar refractivity (Wildman–Crippen MR) is 83.2 cm³/mol. The van der Waals surface area contributed by atoms with Crippen molar-refractivity contribution < 1.29 is 0 Å². The van der Waals surface area contributed by atoms with Crippen LogP contribution in [0.1, 0.15) is 11.1 Å². The molecule has 0 amide bonds. The highest BCUT2D eigenvalue weighted by atomic mass is 32.2. The van der Waals surface area contributed by atoms with E-state index in [-0.39, 0.29) is 0 Å². The van der Waals surface area contributed by atoms with Crippen LogP contribution in [0, 0.1) is 5.41 Å². The molecule has 0 saturated heterocycles. The van der Waals surface area contributed by atoms with Crippen molar-refractivity contribution >= 4 is 27.9 Å². The lowest BCUT2D eigenvalue weighted by atomic mass is 10.2. The Morgan fingerprint density at radius 1 is 0.722 bits per heavy atom. The first-order valence-corrected chi connectivity index (χ1v) is 7.74. The molecule has 0 aliphatic rings. The lowest BCUT2D eigenvalue weighted by molar-refractivity contribution is 1.42. The Kier molecular flexibility index (Phi) is 5.36. The van der Waals surface area contributed by atoms with Crippen molar-refractivity contribution in [3.63, 3.8) is 0 Å². The minimum absolute atomic E-state index is 0.683. The van der Waals surface area contributed by atoms with Crippen LogP contribution in [0.2, 0.25) is 0 Å². The summed E-state index contributed by atoms with van der Waals surface area (Å²) in [4.78, 5) is 0. The molecule has 18 heavy (non-hydrogen) atoms. The van der Waals surface area contributed by atoms with Crippen LogP contribution >= 0.6 is 23.5 Å². The van der Waals surface area contributed by atoms with E-state index in [9.17, 15) is 0 Å². The van der Waals surface area contributed by atoms with Crippen LogP contribution in [-0.4, -0.2) is 4.38 Å². The zero-order valence-corrected chi connectivity index (χ0v) is 11.6. The minimum Gasteiger partial charge on any atom is -0.288 e. The van der Waals surface area contributed by atoms with Crippen molar-refractivity contribution in [1.82, 2.24) is 0 Å². The van der Waals surface area contributed by atoms with Crippen molar-refractivity contribution in [2.45, 2.75) is 11.5 Å². The molecular formula is C15H15NS2. The van der Waals surface area contributed by atoms with Gasteiger partial charge < -0.3 is 0 Å². The molecule has 1 nitrogen and oxygen atoms in total. The lowest BCUT2D eigenvalue weighted by Gasteiger charge is -2.04. The number of rotatable bonds is 4. The second-order valence-corrected chi connectivity index (χ2v) is 6.07. The van der Waals surface area contributed by atoms with Crippen LogP contribution < -0.4 is 0 Å². The van der Waals surface area contributed by atoms with Gasteiger partial charge in [-0.15, -0.1) is 0 Å². The third-order valence-corrected chi connectivity index (χ3v) is 4.61. The second-order valence-electron chi connectivity index (χ2n) is 3.84. The molecule has 2 aromatic carbocycles. The van der Waals surface area contributed by atoms with E-state index in [1.807, 2.05) is 36.4 Å². The molecule has 2 rings (SSSR count). The highest BCUT2D eigenvalue weighted by Crippen LogP contribution is 2.23. The van der Waals surface area contributed by atoms with Crippen molar-refractivity contribution in [3.8, 4) is 0 Å². The molecule has 92 valence electrons. The van der Waals surface area contributed by atoms with Crippen LogP contribution in [0.3, 0.4) is 0 Å². The van der Waals surface area contributed by atoms with Gasteiger partial charge in [-0.3, -0.25) is 5.41 Å². The Balaban J connectivity index is 1.73. The molecule has 0 heterocycles.